The van der Waals surface area contributed by atoms with Crippen LogP contribution in [0.25, 0.3) is 11.5 Å². The third kappa shape index (κ3) is 4.65. The van der Waals surface area contributed by atoms with Gasteiger partial charge in [-0.1, -0.05) is 59.3 Å². The van der Waals surface area contributed by atoms with Crippen LogP contribution in [-0.4, -0.2) is 21.4 Å². The average Bonchev–Trinajstić information content (AvgIpc) is 3.09. The summed E-state index contributed by atoms with van der Waals surface area (Å²) in [4.78, 5) is 12.3. The van der Waals surface area contributed by atoms with Gasteiger partial charge in [0.25, 0.3) is 5.22 Å². The Morgan fingerprint density at radius 2 is 1.92 bits per heavy atom. The van der Waals surface area contributed by atoms with Gasteiger partial charge in [0.2, 0.25) is 11.8 Å². The van der Waals surface area contributed by atoms with E-state index in [0.717, 1.165) is 16.7 Å². The van der Waals surface area contributed by atoms with E-state index < -0.39 is 0 Å². The lowest BCUT2D eigenvalue weighted by Crippen LogP contribution is -2.30. The molecule has 1 amide bonds. The number of nitrogens with zero attached hydrogens (tertiary/aromatic N) is 2. The van der Waals surface area contributed by atoms with Crippen LogP contribution in [0.4, 0.5) is 0 Å². The van der Waals surface area contributed by atoms with Crippen molar-refractivity contribution < 1.29 is 9.21 Å². The van der Waals surface area contributed by atoms with Crippen LogP contribution in [-0.2, 0) is 11.3 Å². The summed E-state index contributed by atoms with van der Waals surface area (Å²) in [5, 5.41) is 11.6. The number of hydrogen-bond acceptors (Lipinski definition) is 5. The fraction of sp³-hybridized carbons (Fsp3) is 0.211. The second-order valence-electron chi connectivity index (χ2n) is 5.81. The zero-order chi connectivity index (χ0) is 18.5. The molecule has 3 rings (SSSR count). The zero-order valence-electron chi connectivity index (χ0n) is 14.4. The molecule has 0 radical (unpaired) electrons. The largest absolute Gasteiger partial charge is 0.411 e. The molecule has 0 saturated heterocycles. The van der Waals surface area contributed by atoms with Gasteiger partial charge in [-0.3, -0.25) is 4.79 Å². The summed E-state index contributed by atoms with van der Waals surface area (Å²) in [5.74, 6) is 0.321. The average molecular weight is 388 g/mol. The molecule has 0 aliphatic rings. The summed E-state index contributed by atoms with van der Waals surface area (Å²) in [7, 11) is 0. The van der Waals surface area contributed by atoms with Crippen molar-refractivity contribution in [3.8, 4) is 11.5 Å². The fourth-order valence-electron chi connectivity index (χ4n) is 2.24. The second-order valence-corrected chi connectivity index (χ2v) is 7.51. The van der Waals surface area contributed by atoms with Gasteiger partial charge in [0.1, 0.15) is 0 Å². The van der Waals surface area contributed by atoms with E-state index in [1.54, 1.807) is 13.0 Å². The highest BCUT2D eigenvalue weighted by atomic mass is 35.5. The van der Waals surface area contributed by atoms with Gasteiger partial charge in [-0.25, -0.2) is 0 Å². The SMILES string of the molecule is Cc1ccc(-c2nnc(S[C@H](C)C(=O)NCc3ccccc3Cl)o2)cc1. The van der Waals surface area contributed by atoms with E-state index in [4.69, 9.17) is 16.0 Å². The lowest BCUT2D eigenvalue weighted by atomic mass is 10.1. The first-order chi connectivity index (χ1) is 12.5. The molecule has 0 bridgehead atoms. The molecule has 1 aromatic heterocycles. The van der Waals surface area contributed by atoms with Crippen molar-refractivity contribution in [2.75, 3.05) is 0 Å². The van der Waals surface area contributed by atoms with Gasteiger partial charge in [0.15, 0.2) is 0 Å². The molecule has 1 heterocycles. The lowest BCUT2D eigenvalue weighted by Gasteiger charge is -2.10. The first-order valence-electron chi connectivity index (χ1n) is 8.11. The Kier molecular flexibility index (Phi) is 5.96. The predicted molar refractivity (Wildman–Crippen MR) is 103 cm³/mol. The van der Waals surface area contributed by atoms with E-state index in [9.17, 15) is 4.79 Å². The van der Waals surface area contributed by atoms with Crippen molar-refractivity contribution in [1.82, 2.24) is 15.5 Å². The molecule has 7 heteroatoms. The minimum Gasteiger partial charge on any atom is -0.411 e. The van der Waals surface area contributed by atoms with Gasteiger partial charge in [0.05, 0.1) is 5.25 Å². The summed E-state index contributed by atoms with van der Waals surface area (Å²) in [6.45, 7) is 4.19. The zero-order valence-corrected chi connectivity index (χ0v) is 16.0. The van der Waals surface area contributed by atoms with Gasteiger partial charge in [-0.05, 0) is 37.6 Å². The van der Waals surface area contributed by atoms with E-state index in [-0.39, 0.29) is 11.2 Å². The number of carbonyl (C=O) groups excluding carboxylic acids is 1. The number of aryl methyl sites for hydroxylation is 1. The van der Waals surface area contributed by atoms with Crippen LogP contribution >= 0.6 is 23.4 Å². The smallest absolute Gasteiger partial charge is 0.277 e. The molecular weight excluding hydrogens is 370 g/mol. The first-order valence-corrected chi connectivity index (χ1v) is 9.37. The second kappa shape index (κ2) is 8.38. The molecule has 26 heavy (non-hydrogen) atoms. The van der Waals surface area contributed by atoms with Crippen LogP contribution in [0, 0.1) is 6.92 Å². The maximum Gasteiger partial charge on any atom is 0.277 e. The van der Waals surface area contributed by atoms with Gasteiger partial charge >= 0.3 is 0 Å². The highest BCUT2D eigenvalue weighted by Crippen LogP contribution is 2.26. The monoisotopic (exact) mass is 387 g/mol. The third-order valence-electron chi connectivity index (χ3n) is 3.76. The summed E-state index contributed by atoms with van der Waals surface area (Å²) in [6.07, 6.45) is 0. The number of amides is 1. The fourth-order valence-corrected chi connectivity index (χ4v) is 3.15. The standard InChI is InChI=1S/C19H18ClN3O2S/c1-12-7-9-14(10-8-12)18-22-23-19(25-18)26-13(2)17(24)21-11-15-5-3-4-6-16(15)20/h3-10,13H,11H2,1-2H3,(H,21,24)/t13-/m1/s1. The van der Waals surface area contributed by atoms with E-state index in [1.165, 1.54) is 11.8 Å². The van der Waals surface area contributed by atoms with Crippen LogP contribution in [0.15, 0.2) is 58.2 Å². The van der Waals surface area contributed by atoms with Crippen molar-refractivity contribution >= 4 is 29.3 Å². The molecule has 0 aliphatic heterocycles. The maximum atomic E-state index is 12.3. The summed E-state index contributed by atoms with van der Waals surface area (Å²) >= 11 is 7.32. The van der Waals surface area contributed by atoms with Crippen molar-refractivity contribution in [2.24, 2.45) is 0 Å². The van der Waals surface area contributed by atoms with Crippen molar-refractivity contribution in [2.45, 2.75) is 30.9 Å². The Labute approximate surface area is 161 Å². The minimum atomic E-state index is -0.371. The number of thioether (sulfide) groups is 1. The molecule has 5 nitrogen and oxygen atoms in total. The predicted octanol–water partition coefficient (Wildman–Crippen LogP) is 4.50. The van der Waals surface area contributed by atoms with Gasteiger partial charge in [-0.2, -0.15) is 0 Å². The first kappa shape index (κ1) is 18.5. The number of hydrogen-bond donors (Lipinski definition) is 1. The maximum absolute atomic E-state index is 12.3. The van der Waals surface area contributed by atoms with Crippen LogP contribution in [0.2, 0.25) is 5.02 Å². The Morgan fingerprint density at radius 3 is 2.65 bits per heavy atom. The normalized spacial score (nSPS) is 12.0. The van der Waals surface area contributed by atoms with E-state index in [0.29, 0.717) is 22.7 Å². The third-order valence-corrected chi connectivity index (χ3v) is 5.07. The van der Waals surface area contributed by atoms with Crippen LogP contribution in [0.1, 0.15) is 18.1 Å². The summed E-state index contributed by atoms with van der Waals surface area (Å²) in [6, 6.07) is 15.2. The molecule has 1 N–H and O–H groups in total. The van der Waals surface area contributed by atoms with Crippen molar-refractivity contribution in [1.29, 1.82) is 0 Å². The summed E-state index contributed by atoms with van der Waals surface area (Å²) < 4.78 is 5.65. The van der Waals surface area contributed by atoms with Crippen LogP contribution in [0.3, 0.4) is 0 Å². The molecule has 0 spiro atoms. The summed E-state index contributed by atoms with van der Waals surface area (Å²) in [5.41, 5.74) is 2.89. The molecule has 0 fully saturated rings. The van der Waals surface area contributed by atoms with E-state index in [1.807, 2.05) is 49.4 Å². The quantitative estimate of drug-likeness (QED) is 0.631. The van der Waals surface area contributed by atoms with Crippen LogP contribution in [0.5, 0.6) is 0 Å². The molecule has 0 aliphatic carbocycles. The molecule has 0 saturated carbocycles. The van der Waals surface area contributed by atoms with Gasteiger partial charge in [-0.15, -0.1) is 10.2 Å². The Hall–Kier alpha value is -2.31. The number of halogens is 1. The van der Waals surface area contributed by atoms with E-state index >= 15 is 0 Å². The minimum absolute atomic E-state index is 0.120. The molecule has 0 unspecified atom stereocenters. The molecular formula is C19H18ClN3O2S. The van der Waals surface area contributed by atoms with Crippen molar-refractivity contribution in [3.63, 3.8) is 0 Å². The van der Waals surface area contributed by atoms with Crippen LogP contribution < -0.4 is 5.32 Å². The van der Waals surface area contributed by atoms with Gasteiger partial charge < -0.3 is 9.73 Å². The molecule has 1 atom stereocenters. The lowest BCUT2D eigenvalue weighted by molar-refractivity contribution is -0.120. The number of aromatic nitrogens is 2. The molecule has 3 aromatic rings. The number of nitrogens with one attached hydrogen (secondary N) is 1. The van der Waals surface area contributed by atoms with E-state index in [2.05, 4.69) is 15.5 Å². The molecule has 134 valence electrons. The Morgan fingerprint density at radius 1 is 1.19 bits per heavy atom. The molecule has 2 aromatic carbocycles. The highest BCUT2D eigenvalue weighted by Gasteiger charge is 2.18. The van der Waals surface area contributed by atoms with Crippen molar-refractivity contribution in [3.05, 3.63) is 64.7 Å². The topological polar surface area (TPSA) is 68.0 Å². The number of carbonyl (C=O) groups is 1. The highest BCUT2D eigenvalue weighted by molar-refractivity contribution is 8.00. The Bertz CT molecular complexity index is 896. The Balaban J connectivity index is 1.57. The van der Waals surface area contributed by atoms with Gasteiger partial charge in [0, 0.05) is 17.1 Å². The number of rotatable bonds is 6. The number of benzene rings is 2.